The van der Waals surface area contributed by atoms with E-state index in [4.69, 9.17) is 0 Å². The molecular formula is C15H16N2. The summed E-state index contributed by atoms with van der Waals surface area (Å²) < 4.78 is 0. The Labute approximate surface area is 102 Å². The van der Waals surface area contributed by atoms with Crippen LogP contribution in [-0.2, 0) is 0 Å². The van der Waals surface area contributed by atoms with Gasteiger partial charge in [0.2, 0.25) is 0 Å². The van der Waals surface area contributed by atoms with Crippen LogP contribution in [-0.4, -0.2) is 13.1 Å². The molecule has 2 heteroatoms. The van der Waals surface area contributed by atoms with Crippen LogP contribution in [0.2, 0.25) is 0 Å². The molecule has 86 valence electrons. The first-order chi connectivity index (χ1) is 8.43. The SMILES string of the molecule is c1ccc(NCC2CNc3ccccc32)cc1. The Bertz CT molecular complexity index is 493. The Hall–Kier alpha value is -1.96. The topological polar surface area (TPSA) is 24.1 Å². The third kappa shape index (κ3) is 2.11. The van der Waals surface area contributed by atoms with Crippen LogP contribution < -0.4 is 10.6 Å². The van der Waals surface area contributed by atoms with Gasteiger partial charge in [0, 0.05) is 30.4 Å². The summed E-state index contributed by atoms with van der Waals surface area (Å²) >= 11 is 0. The molecule has 2 N–H and O–H groups in total. The van der Waals surface area contributed by atoms with Crippen LogP contribution in [0.5, 0.6) is 0 Å². The number of fused-ring (bicyclic) bond motifs is 1. The molecule has 1 aliphatic heterocycles. The maximum absolute atomic E-state index is 3.49. The summed E-state index contributed by atoms with van der Waals surface area (Å²) in [6.45, 7) is 2.01. The minimum Gasteiger partial charge on any atom is -0.384 e. The predicted molar refractivity (Wildman–Crippen MR) is 72.6 cm³/mol. The van der Waals surface area contributed by atoms with Crippen molar-refractivity contribution in [3.05, 3.63) is 60.2 Å². The molecule has 0 aromatic heterocycles. The number of rotatable bonds is 3. The summed E-state index contributed by atoms with van der Waals surface area (Å²) in [5, 5.41) is 6.93. The molecule has 3 rings (SSSR count). The van der Waals surface area contributed by atoms with E-state index in [1.165, 1.54) is 16.9 Å². The maximum Gasteiger partial charge on any atom is 0.0377 e. The first-order valence-corrected chi connectivity index (χ1v) is 6.05. The van der Waals surface area contributed by atoms with Gasteiger partial charge >= 0.3 is 0 Å². The van der Waals surface area contributed by atoms with Crippen molar-refractivity contribution in [3.8, 4) is 0 Å². The van der Waals surface area contributed by atoms with Crippen LogP contribution in [0.4, 0.5) is 11.4 Å². The van der Waals surface area contributed by atoms with E-state index in [1.807, 2.05) is 6.07 Å². The van der Waals surface area contributed by atoms with Crippen molar-refractivity contribution in [2.75, 3.05) is 23.7 Å². The van der Waals surface area contributed by atoms with Crippen LogP contribution in [0.25, 0.3) is 0 Å². The van der Waals surface area contributed by atoms with Gasteiger partial charge in [0.1, 0.15) is 0 Å². The average molecular weight is 224 g/mol. The number of hydrogen-bond acceptors (Lipinski definition) is 2. The third-order valence-electron chi connectivity index (χ3n) is 3.27. The van der Waals surface area contributed by atoms with Crippen molar-refractivity contribution in [1.29, 1.82) is 0 Å². The molecule has 1 unspecified atom stereocenters. The van der Waals surface area contributed by atoms with Crippen LogP contribution in [0, 0.1) is 0 Å². The summed E-state index contributed by atoms with van der Waals surface area (Å²) in [6.07, 6.45) is 0. The Morgan fingerprint density at radius 2 is 1.76 bits per heavy atom. The fourth-order valence-electron chi connectivity index (χ4n) is 2.34. The zero-order chi connectivity index (χ0) is 11.5. The first kappa shape index (κ1) is 10.2. The molecule has 0 saturated carbocycles. The maximum atomic E-state index is 3.49. The van der Waals surface area contributed by atoms with Gasteiger partial charge in [-0.05, 0) is 23.8 Å². The van der Waals surface area contributed by atoms with E-state index in [2.05, 4.69) is 59.2 Å². The van der Waals surface area contributed by atoms with Crippen LogP contribution >= 0.6 is 0 Å². The summed E-state index contributed by atoms with van der Waals surface area (Å²) in [4.78, 5) is 0. The molecule has 2 aromatic rings. The standard InChI is InChI=1S/C15H16N2/c1-2-6-13(7-3-1)16-10-12-11-17-15-9-5-4-8-14(12)15/h1-9,12,16-17H,10-11H2. The molecule has 1 atom stereocenters. The highest BCUT2D eigenvalue weighted by Gasteiger charge is 2.20. The molecule has 1 aliphatic rings. The molecule has 0 bridgehead atoms. The van der Waals surface area contributed by atoms with Crippen molar-refractivity contribution in [2.24, 2.45) is 0 Å². The lowest BCUT2D eigenvalue weighted by atomic mass is 10.0. The lowest BCUT2D eigenvalue weighted by molar-refractivity contribution is 0.796. The monoisotopic (exact) mass is 224 g/mol. The number of benzene rings is 2. The highest BCUT2D eigenvalue weighted by molar-refractivity contribution is 5.58. The average Bonchev–Trinajstić information content (AvgIpc) is 2.81. The molecule has 17 heavy (non-hydrogen) atoms. The quantitative estimate of drug-likeness (QED) is 0.835. The van der Waals surface area contributed by atoms with Gasteiger partial charge in [-0.1, -0.05) is 36.4 Å². The Morgan fingerprint density at radius 1 is 1.00 bits per heavy atom. The minimum atomic E-state index is 0.561. The van der Waals surface area contributed by atoms with Gasteiger partial charge in [0.15, 0.2) is 0 Å². The van der Waals surface area contributed by atoms with Gasteiger partial charge in [-0.25, -0.2) is 0 Å². The van der Waals surface area contributed by atoms with Crippen molar-refractivity contribution in [1.82, 2.24) is 0 Å². The molecule has 0 radical (unpaired) electrons. The number of hydrogen-bond donors (Lipinski definition) is 2. The van der Waals surface area contributed by atoms with Gasteiger partial charge in [0.25, 0.3) is 0 Å². The van der Waals surface area contributed by atoms with Crippen molar-refractivity contribution >= 4 is 11.4 Å². The highest BCUT2D eigenvalue weighted by Crippen LogP contribution is 2.30. The molecule has 2 nitrogen and oxygen atoms in total. The zero-order valence-electron chi connectivity index (χ0n) is 9.69. The normalized spacial score (nSPS) is 17.3. The van der Waals surface area contributed by atoms with Gasteiger partial charge < -0.3 is 10.6 Å². The lowest BCUT2D eigenvalue weighted by Gasteiger charge is -2.12. The van der Waals surface area contributed by atoms with Gasteiger partial charge in [-0.3, -0.25) is 0 Å². The summed E-state index contributed by atoms with van der Waals surface area (Å²) in [6, 6.07) is 18.9. The fraction of sp³-hybridized carbons (Fsp3) is 0.200. The Balaban J connectivity index is 1.68. The van der Waals surface area contributed by atoms with E-state index in [0.29, 0.717) is 5.92 Å². The molecule has 0 fully saturated rings. The molecule has 1 heterocycles. The van der Waals surface area contributed by atoms with Crippen molar-refractivity contribution < 1.29 is 0 Å². The largest absolute Gasteiger partial charge is 0.384 e. The summed E-state index contributed by atoms with van der Waals surface area (Å²) in [5.74, 6) is 0.561. The van der Waals surface area contributed by atoms with E-state index in [-0.39, 0.29) is 0 Å². The van der Waals surface area contributed by atoms with E-state index < -0.39 is 0 Å². The molecule has 0 aliphatic carbocycles. The second-order valence-corrected chi connectivity index (χ2v) is 4.41. The molecule has 0 spiro atoms. The van der Waals surface area contributed by atoms with Gasteiger partial charge in [-0.2, -0.15) is 0 Å². The molecule has 2 aromatic carbocycles. The summed E-state index contributed by atoms with van der Waals surface area (Å²) in [5.41, 5.74) is 3.90. The Morgan fingerprint density at radius 3 is 2.65 bits per heavy atom. The number of anilines is 2. The van der Waals surface area contributed by atoms with E-state index in [1.54, 1.807) is 0 Å². The smallest absolute Gasteiger partial charge is 0.0377 e. The van der Waals surface area contributed by atoms with Crippen LogP contribution in [0.3, 0.4) is 0 Å². The molecule has 0 saturated heterocycles. The zero-order valence-corrected chi connectivity index (χ0v) is 9.69. The van der Waals surface area contributed by atoms with Crippen LogP contribution in [0.1, 0.15) is 11.5 Å². The van der Waals surface area contributed by atoms with Gasteiger partial charge in [0.05, 0.1) is 0 Å². The minimum absolute atomic E-state index is 0.561. The molecular weight excluding hydrogens is 208 g/mol. The van der Waals surface area contributed by atoms with Gasteiger partial charge in [-0.15, -0.1) is 0 Å². The fourth-order valence-corrected chi connectivity index (χ4v) is 2.34. The highest BCUT2D eigenvalue weighted by atomic mass is 14.9. The van der Waals surface area contributed by atoms with E-state index in [0.717, 1.165) is 13.1 Å². The number of nitrogens with one attached hydrogen (secondary N) is 2. The first-order valence-electron chi connectivity index (χ1n) is 6.05. The lowest BCUT2D eigenvalue weighted by Crippen LogP contribution is -2.14. The summed E-state index contributed by atoms with van der Waals surface area (Å²) in [7, 11) is 0. The second-order valence-electron chi connectivity index (χ2n) is 4.41. The second kappa shape index (κ2) is 4.50. The van der Waals surface area contributed by atoms with E-state index >= 15 is 0 Å². The Kier molecular flexibility index (Phi) is 2.70. The number of para-hydroxylation sites is 2. The van der Waals surface area contributed by atoms with Crippen molar-refractivity contribution in [2.45, 2.75) is 5.92 Å². The van der Waals surface area contributed by atoms with Crippen molar-refractivity contribution in [3.63, 3.8) is 0 Å². The third-order valence-corrected chi connectivity index (χ3v) is 3.27. The predicted octanol–water partition coefficient (Wildman–Crippen LogP) is 3.31. The van der Waals surface area contributed by atoms with E-state index in [9.17, 15) is 0 Å². The molecule has 0 amide bonds. The van der Waals surface area contributed by atoms with Crippen LogP contribution in [0.15, 0.2) is 54.6 Å².